The molecule has 1 heterocycles. The molecule has 1 aromatic rings. The molecule has 0 aliphatic rings. The van der Waals surface area contributed by atoms with Crippen molar-refractivity contribution in [1.82, 2.24) is 0 Å². The van der Waals surface area contributed by atoms with Gasteiger partial charge in [0.25, 0.3) is 0 Å². The standard InChI is InChI=1S/C6H7NO3S/c7-5(6(9)10)4-1-3(8)2-11-4/h1-2,5,8H,7H2,(H,9,10). The monoisotopic (exact) mass is 173 g/mol. The molecule has 0 radical (unpaired) electrons. The first kappa shape index (κ1) is 8.03. The molecule has 11 heavy (non-hydrogen) atoms. The number of carboxylic acids is 1. The van der Waals surface area contributed by atoms with Gasteiger partial charge in [0.2, 0.25) is 0 Å². The first-order valence-corrected chi connectivity index (χ1v) is 3.75. The summed E-state index contributed by atoms with van der Waals surface area (Å²) in [5.41, 5.74) is 5.25. The Morgan fingerprint density at radius 2 is 2.36 bits per heavy atom. The second kappa shape index (κ2) is 2.89. The predicted octanol–water partition coefficient (Wildman–Crippen LogP) is 0.538. The average Bonchev–Trinajstić information content (AvgIpc) is 2.34. The summed E-state index contributed by atoms with van der Waals surface area (Å²) in [4.78, 5) is 10.8. The van der Waals surface area contributed by atoms with Gasteiger partial charge in [0.05, 0.1) is 0 Å². The van der Waals surface area contributed by atoms with Gasteiger partial charge in [-0.2, -0.15) is 0 Å². The Kier molecular flexibility index (Phi) is 2.11. The molecule has 0 spiro atoms. The van der Waals surface area contributed by atoms with Gasteiger partial charge in [-0.15, -0.1) is 11.3 Å². The van der Waals surface area contributed by atoms with Gasteiger partial charge in [-0.1, -0.05) is 0 Å². The highest BCUT2D eigenvalue weighted by Crippen LogP contribution is 2.24. The molecular weight excluding hydrogens is 166 g/mol. The lowest BCUT2D eigenvalue weighted by Crippen LogP contribution is -2.19. The SMILES string of the molecule is NC(C(=O)O)c1cc(O)cs1. The van der Waals surface area contributed by atoms with Crippen molar-refractivity contribution in [3.05, 3.63) is 16.3 Å². The van der Waals surface area contributed by atoms with Crippen LogP contribution in [-0.2, 0) is 4.79 Å². The number of carbonyl (C=O) groups is 1. The molecule has 0 saturated carbocycles. The predicted molar refractivity (Wildman–Crippen MR) is 40.5 cm³/mol. The van der Waals surface area contributed by atoms with Crippen LogP contribution in [0.4, 0.5) is 0 Å². The lowest BCUT2D eigenvalue weighted by Gasteiger charge is -2.00. The average molecular weight is 173 g/mol. The number of hydrogen-bond donors (Lipinski definition) is 3. The van der Waals surface area contributed by atoms with Crippen LogP contribution >= 0.6 is 11.3 Å². The van der Waals surface area contributed by atoms with E-state index in [2.05, 4.69) is 0 Å². The van der Waals surface area contributed by atoms with Crippen LogP contribution in [0.3, 0.4) is 0 Å². The van der Waals surface area contributed by atoms with Gasteiger partial charge >= 0.3 is 5.97 Å². The smallest absolute Gasteiger partial charge is 0.325 e. The quantitative estimate of drug-likeness (QED) is 0.609. The normalized spacial score (nSPS) is 12.8. The lowest BCUT2D eigenvalue weighted by molar-refractivity contribution is -0.138. The van der Waals surface area contributed by atoms with Gasteiger partial charge in [-0.3, -0.25) is 4.79 Å². The van der Waals surface area contributed by atoms with Crippen molar-refractivity contribution < 1.29 is 15.0 Å². The van der Waals surface area contributed by atoms with E-state index in [-0.39, 0.29) is 5.75 Å². The first-order chi connectivity index (χ1) is 5.11. The number of hydrogen-bond acceptors (Lipinski definition) is 4. The molecule has 0 bridgehead atoms. The van der Waals surface area contributed by atoms with E-state index < -0.39 is 12.0 Å². The van der Waals surface area contributed by atoms with Crippen molar-refractivity contribution in [2.45, 2.75) is 6.04 Å². The molecule has 60 valence electrons. The van der Waals surface area contributed by atoms with E-state index in [1.54, 1.807) is 0 Å². The van der Waals surface area contributed by atoms with Gasteiger partial charge in [0, 0.05) is 10.3 Å². The molecule has 1 atom stereocenters. The summed E-state index contributed by atoms with van der Waals surface area (Å²) in [6.45, 7) is 0. The molecule has 0 aliphatic heterocycles. The number of aliphatic carboxylic acids is 1. The zero-order chi connectivity index (χ0) is 8.43. The summed E-state index contributed by atoms with van der Waals surface area (Å²) in [6.07, 6.45) is 0. The van der Waals surface area contributed by atoms with E-state index in [1.807, 2.05) is 0 Å². The molecular formula is C6H7NO3S. The van der Waals surface area contributed by atoms with Crippen LogP contribution in [0.25, 0.3) is 0 Å². The lowest BCUT2D eigenvalue weighted by atomic mass is 10.2. The highest BCUT2D eigenvalue weighted by Gasteiger charge is 2.15. The minimum atomic E-state index is -1.09. The summed E-state index contributed by atoms with van der Waals surface area (Å²) >= 11 is 1.13. The maximum atomic E-state index is 10.3. The van der Waals surface area contributed by atoms with E-state index in [9.17, 15) is 4.79 Å². The second-order valence-electron chi connectivity index (χ2n) is 2.02. The maximum absolute atomic E-state index is 10.3. The summed E-state index contributed by atoms with van der Waals surface area (Å²) in [6, 6.07) is 0.324. The molecule has 1 unspecified atom stereocenters. The summed E-state index contributed by atoms with van der Waals surface area (Å²) in [5, 5.41) is 18.7. The Hall–Kier alpha value is -1.07. The van der Waals surface area contributed by atoms with Crippen LogP contribution in [-0.4, -0.2) is 16.2 Å². The topological polar surface area (TPSA) is 83.6 Å². The maximum Gasteiger partial charge on any atom is 0.325 e. The van der Waals surface area contributed by atoms with E-state index in [0.717, 1.165) is 11.3 Å². The third-order valence-corrected chi connectivity index (χ3v) is 2.18. The second-order valence-corrected chi connectivity index (χ2v) is 2.97. The number of rotatable bonds is 2. The fourth-order valence-corrected chi connectivity index (χ4v) is 1.39. The van der Waals surface area contributed by atoms with Gasteiger partial charge in [-0.05, 0) is 6.07 Å². The Morgan fingerprint density at radius 1 is 1.73 bits per heavy atom. The minimum Gasteiger partial charge on any atom is -0.507 e. The van der Waals surface area contributed by atoms with Crippen molar-refractivity contribution in [2.75, 3.05) is 0 Å². The Morgan fingerprint density at radius 3 is 2.73 bits per heavy atom. The molecule has 4 N–H and O–H groups in total. The molecule has 0 amide bonds. The van der Waals surface area contributed by atoms with E-state index in [0.29, 0.717) is 4.88 Å². The minimum absolute atomic E-state index is 0.0571. The highest BCUT2D eigenvalue weighted by atomic mass is 32.1. The van der Waals surface area contributed by atoms with Gasteiger partial charge in [-0.25, -0.2) is 0 Å². The van der Waals surface area contributed by atoms with E-state index in [1.165, 1.54) is 11.4 Å². The molecule has 0 saturated heterocycles. The fraction of sp³-hybridized carbons (Fsp3) is 0.167. The Bertz CT molecular complexity index is 271. The van der Waals surface area contributed by atoms with Crippen molar-refractivity contribution >= 4 is 17.3 Å². The van der Waals surface area contributed by atoms with Crippen LogP contribution in [0.15, 0.2) is 11.4 Å². The van der Waals surface area contributed by atoms with Crippen LogP contribution in [0, 0.1) is 0 Å². The number of aromatic hydroxyl groups is 1. The summed E-state index contributed by atoms with van der Waals surface area (Å²) < 4.78 is 0. The first-order valence-electron chi connectivity index (χ1n) is 2.87. The third-order valence-electron chi connectivity index (χ3n) is 1.18. The zero-order valence-electron chi connectivity index (χ0n) is 5.52. The number of thiophene rings is 1. The fourth-order valence-electron chi connectivity index (χ4n) is 0.627. The van der Waals surface area contributed by atoms with Crippen LogP contribution in [0.1, 0.15) is 10.9 Å². The molecule has 5 heteroatoms. The van der Waals surface area contributed by atoms with Crippen molar-refractivity contribution in [3.63, 3.8) is 0 Å². The van der Waals surface area contributed by atoms with Gasteiger partial charge < -0.3 is 15.9 Å². The third kappa shape index (κ3) is 1.69. The molecule has 0 aromatic carbocycles. The van der Waals surface area contributed by atoms with Crippen LogP contribution in [0.2, 0.25) is 0 Å². The summed E-state index contributed by atoms with van der Waals surface area (Å²) in [7, 11) is 0. The number of carboxylic acid groups (broad SMARTS) is 1. The van der Waals surface area contributed by atoms with Crippen molar-refractivity contribution in [3.8, 4) is 5.75 Å². The molecule has 1 rings (SSSR count). The Labute approximate surface area is 66.9 Å². The highest BCUT2D eigenvalue weighted by molar-refractivity contribution is 7.10. The van der Waals surface area contributed by atoms with Crippen LogP contribution in [0.5, 0.6) is 5.75 Å². The van der Waals surface area contributed by atoms with E-state index in [4.69, 9.17) is 15.9 Å². The van der Waals surface area contributed by atoms with Crippen molar-refractivity contribution in [1.29, 1.82) is 0 Å². The largest absolute Gasteiger partial charge is 0.507 e. The van der Waals surface area contributed by atoms with Crippen LogP contribution < -0.4 is 5.73 Å². The molecule has 0 aliphatic carbocycles. The Balaban J connectivity index is 2.84. The van der Waals surface area contributed by atoms with Gasteiger partial charge in [0.15, 0.2) is 0 Å². The van der Waals surface area contributed by atoms with Crippen molar-refractivity contribution in [2.24, 2.45) is 5.73 Å². The zero-order valence-corrected chi connectivity index (χ0v) is 6.34. The molecule has 0 fully saturated rings. The van der Waals surface area contributed by atoms with Gasteiger partial charge in [0.1, 0.15) is 11.8 Å². The molecule has 4 nitrogen and oxygen atoms in total. The van der Waals surface area contributed by atoms with E-state index >= 15 is 0 Å². The summed E-state index contributed by atoms with van der Waals surface area (Å²) in [5.74, 6) is -1.03. The molecule has 1 aromatic heterocycles. The number of nitrogens with two attached hydrogens (primary N) is 1.